The van der Waals surface area contributed by atoms with Crippen LogP contribution >= 0.6 is 0 Å². The van der Waals surface area contributed by atoms with E-state index in [-0.39, 0.29) is 0 Å². The summed E-state index contributed by atoms with van der Waals surface area (Å²) in [5.74, 6) is 1.32. The van der Waals surface area contributed by atoms with Crippen molar-refractivity contribution in [2.75, 3.05) is 13.1 Å². The molecule has 0 spiro atoms. The Morgan fingerprint density at radius 1 is 1.11 bits per heavy atom. The van der Waals surface area contributed by atoms with Gasteiger partial charge in [0.05, 0.1) is 29.3 Å². The van der Waals surface area contributed by atoms with E-state index < -0.39 is 0 Å². The number of aromatic amines is 1. The highest BCUT2D eigenvalue weighted by molar-refractivity contribution is 5.93. The van der Waals surface area contributed by atoms with Crippen LogP contribution in [-0.2, 0) is 7.05 Å². The molecule has 2 N–H and O–H groups in total. The summed E-state index contributed by atoms with van der Waals surface area (Å²) in [7, 11) is 1.90. The molecule has 0 amide bonds. The van der Waals surface area contributed by atoms with E-state index in [4.69, 9.17) is 4.98 Å². The van der Waals surface area contributed by atoms with Gasteiger partial charge in [0.25, 0.3) is 0 Å². The highest BCUT2D eigenvalue weighted by Crippen LogP contribution is 2.29. The Balaban J connectivity index is 1.56. The zero-order valence-corrected chi connectivity index (χ0v) is 15.1. The molecule has 0 aliphatic carbocycles. The van der Waals surface area contributed by atoms with Crippen LogP contribution in [-0.4, -0.2) is 48.0 Å². The summed E-state index contributed by atoms with van der Waals surface area (Å²) in [6, 6.07) is 3.96. The number of nitrogens with one attached hydrogen (secondary N) is 2. The van der Waals surface area contributed by atoms with Crippen molar-refractivity contribution in [3.05, 3.63) is 42.7 Å². The van der Waals surface area contributed by atoms with Gasteiger partial charge in [-0.25, -0.2) is 9.97 Å². The van der Waals surface area contributed by atoms with Crippen molar-refractivity contribution in [2.45, 2.75) is 18.8 Å². The quantitative estimate of drug-likeness (QED) is 0.582. The molecule has 8 heteroatoms. The molecule has 0 saturated carbocycles. The summed E-state index contributed by atoms with van der Waals surface area (Å²) in [5.41, 5.74) is 4.40. The maximum absolute atomic E-state index is 4.84. The molecule has 5 heterocycles. The second-order valence-corrected chi connectivity index (χ2v) is 6.91. The molecular weight excluding hydrogens is 340 g/mol. The summed E-state index contributed by atoms with van der Waals surface area (Å²) in [6.45, 7) is 2.04. The highest BCUT2D eigenvalue weighted by Gasteiger charge is 2.19. The number of H-pyrrole nitrogens is 1. The number of hydrogen-bond acceptors (Lipinski definition) is 6. The van der Waals surface area contributed by atoms with Crippen LogP contribution in [0, 0.1) is 0 Å². The number of aromatic nitrogens is 7. The lowest BCUT2D eigenvalue weighted by molar-refractivity contribution is 0.445. The molecule has 1 fully saturated rings. The molecule has 4 aromatic heterocycles. The standard InChI is InChI=1S/C19H20N8/c1-27-11-13(9-23-27)16-8-14-17(10-22-16)25-26-18(14)15-4-7-21-19(24-15)12-2-5-20-6-3-12/h4,7-12,20H,2-3,5-6H2,1H3,(H,25,26). The minimum atomic E-state index is 0.407. The van der Waals surface area contributed by atoms with Crippen molar-refractivity contribution in [3.8, 4) is 22.6 Å². The zero-order valence-electron chi connectivity index (χ0n) is 15.1. The number of nitrogens with zero attached hydrogens (tertiary/aromatic N) is 6. The molecule has 0 unspecified atom stereocenters. The number of aryl methyl sites for hydroxylation is 1. The number of rotatable bonds is 3. The minimum Gasteiger partial charge on any atom is -0.317 e. The second-order valence-electron chi connectivity index (χ2n) is 6.91. The van der Waals surface area contributed by atoms with Crippen LogP contribution in [0.4, 0.5) is 0 Å². The van der Waals surface area contributed by atoms with Gasteiger partial charge in [-0.1, -0.05) is 0 Å². The molecule has 1 aliphatic rings. The summed E-state index contributed by atoms with van der Waals surface area (Å²) >= 11 is 0. The summed E-state index contributed by atoms with van der Waals surface area (Å²) < 4.78 is 1.77. The van der Waals surface area contributed by atoms with E-state index in [1.165, 1.54) is 0 Å². The molecule has 5 rings (SSSR count). The summed E-state index contributed by atoms with van der Waals surface area (Å²) in [5, 5.41) is 16.2. The predicted octanol–water partition coefficient (Wildman–Crippen LogP) is 2.28. The second kappa shape index (κ2) is 6.55. The fraction of sp³-hybridized carbons (Fsp3) is 0.316. The molecule has 0 bridgehead atoms. The van der Waals surface area contributed by atoms with Gasteiger partial charge >= 0.3 is 0 Å². The Morgan fingerprint density at radius 3 is 2.81 bits per heavy atom. The Hall–Kier alpha value is -3.13. The number of hydrogen-bond donors (Lipinski definition) is 2. The van der Waals surface area contributed by atoms with Crippen molar-refractivity contribution in [3.63, 3.8) is 0 Å². The Labute approximate surface area is 156 Å². The fourth-order valence-electron chi connectivity index (χ4n) is 3.61. The van der Waals surface area contributed by atoms with E-state index in [2.05, 4.69) is 30.6 Å². The molecular formula is C19H20N8. The van der Waals surface area contributed by atoms with E-state index >= 15 is 0 Å². The lowest BCUT2D eigenvalue weighted by Gasteiger charge is -2.21. The van der Waals surface area contributed by atoms with Crippen molar-refractivity contribution < 1.29 is 0 Å². The smallest absolute Gasteiger partial charge is 0.132 e. The molecule has 0 aromatic carbocycles. The Morgan fingerprint density at radius 2 is 2.00 bits per heavy atom. The van der Waals surface area contributed by atoms with Crippen LogP contribution in [0.1, 0.15) is 24.6 Å². The molecule has 0 atom stereocenters. The molecule has 4 aromatic rings. The average molecular weight is 360 g/mol. The van der Waals surface area contributed by atoms with Gasteiger partial charge in [0, 0.05) is 36.3 Å². The van der Waals surface area contributed by atoms with Crippen molar-refractivity contribution >= 4 is 10.9 Å². The number of fused-ring (bicyclic) bond motifs is 1. The maximum Gasteiger partial charge on any atom is 0.132 e. The van der Waals surface area contributed by atoms with Gasteiger partial charge in [0.15, 0.2) is 0 Å². The number of pyridine rings is 1. The van der Waals surface area contributed by atoms with Gasteiger partial charge in [0.2, 0.25) is 0 Å². The van der Waals surface area contributed by atoms with Crippen LogP contribution in [0.3, 0.4) is 0 Å². The molecule has 136 valence electrons. The van der Waals surface area contributed by atoms with E-state index in [0.717, 1.165) is 65.3 Å². The highest BCUT2D eigenvalue weighted by atomic mass is 15.2. The minimum absolute atomic E-state index is 0.407. The van der Waals surface area contributed by atoms with Crippen LogP contribution in [0.2, 0.25) is 0 Å². The summed E-state index contributed by atoms with van der Waals surface area (Å²) in [6.07, 6.45) is 9.55. The van der Waals surface area contributed by atoms with Gasteiger partial charge in [-0.15, -0.1) is 0 Å². The lowest BCUT2D eigenvalue weighted by Crippen LogP contribution is -2.27. The molecule has 1 aliphatic heterocycles. The third-order valence-corrected chi connectivity index (χ3v) is 5.07. The zero-order chi connectivity index (χ0) is 18.2. The predicted molar refractivity (Wildman–Crippen MR) is 102 cm³/mol. The van der Waals surface area contributed by atoms with Crippen molar-refractivity contribution in [1.82, 2.24) is 40.2 Å². The molecule has 1 saturated heterocycles. The van der Waals surface area contributed by atoms with Gasteiger partial charge in [0.1, 0.15) is 11.5 Å². The lowest BCUT2D eigenvalue weighted by atomic mass is 9.97. The Bertz CT molecular complexity index is 1090. The first kappa shape index (κ1) is 16.1. The van der Waals surface area contributed by atoms with Crippen LogP contribution in [0.25, 0.3) is 33.5 Å². The van der Waals surface area contributed by atoms with E-state index in [0.29, 0.717) is 5.92 Å². The molecule has 8 nitrogen and oxygen atoms in total. The first-order valence-electron chi connectivity index (χ1n) is 9.15. The van der Waals surface area contributed by atoms with Gasteiger partial charge in [-0.3, -0.25) is 14.8 Å². The fourth-order valence-corrected chi connectivity index (χ4v) is 3.61. The maximum atomic E-state index is 4.84. The number of piperidine rings is 1. The third kappa shape index (κ3) is 2.97. The molecule has 27 heavy (non-hydrogen) atoms. The van der Waals surface area contributed by atoms with Crippen molar-refractivity contribution in [2.24, 2.45) is 7.05 Å². The van der Waals surface area contributed by atoms with Gasteiger partial charge in [-0.05, 0) is 38.1 Å². The normalized spacial score (nSPS) is 15.4. The SMILES string of the molecule is Cn1cc(-c2cc3c(-c4ccnc(C5CCNCC5)n4)n[nH]c3cn2)cn1. The first-order valence-corrected chi connectivity index (χ1v) is 9.15. The Kier molecular flexibility index (Phi) is 3.90. The van der Waals surface area contributed by atoms with Crippen LogP contribution in [0.15, 0.2) is 36.9 Å². The molecule has 0 radical (unpaired) electrons. The van der Waals surface area contributed by atoms with Crippen LogP contribution < -0.4 is 5.32 Å². The van der Waals surface area contributed by atoms with E-state index in [1.54, 1.807) is 4.68 Å². The van der Waals surface area contributed by atoms with E-state index in [9.17, 15) is 0 Å². The van der Waals surface area contributed by atoms with E-state index in [1.807, 2.05) is 44.0 Å². The summed E-state index contributed by atoms with van der Waals surface area (Å²) in [4.78, 5) is 13.9. The van der Waals surface area contributed by atoms with Crippen molar-refractivity contribution in [1.29, 1.82) is 0 Å². The van der Waals surface area contributed by atoms with Crippen LogP contribution in [0.5, 0.6) is 0 Å². The monoisotopic (exact) mass is 360 g/mol. The third-order valence-electron chi connectivity index (χ3n) is 5.07. The average Bonchev–Trinajstić information content (AvgIpc) is 3.34. The first-order chi connectivity index (χ1) is 13.3. The van der Waals surface area contributed by atoms with Gasteiger partial charge in [-0.2, -0.15) is 10.2 Å². The topological polar surface area (TPSA) is 97.2 Å². The largest absolute Gasteiger partial charge is 0.317 e. The van der Waals surface area contributed by atoms with Gasteiger partial charge < -0.3 is 5.32 Å².